The topological polar surface area (TPSA) is 29.3 Å². The van der Waals surface area contributed by atoms with Gasteiger partial charge in [0.05, 0.1) is 0 Å². The summed E-state index contributed by atoms with van der Waals surface area (Å²) < 4.78 is 0. The molecule has 108 valence electrons. The Morgan fingerprint density at radius 3 is 2.39 bits per heavy atom. The van der Waals surface area contributed by atoms with E-state index in [9.17, 15) is 0 Å². The third-order valence-corrected chi connectivity index (χ3v) is 4.88. The predicted molar refractivity (Wildman–Crippen MR) is 80.7 cm³/mol. The fourth-order valence-corrected chi connectivity index (χ4v) is 3.69. The highest BCUT2D eigenvalue weighted by Crippen LogP contribution is 2.26. The van der Waals surface area contributed by atoms with Gasteiger partial charge in [-0.1, -0.05) is 46.5 Å². The first-order valence-electron chi connectivity index (χ1n) is 8.20. The minimum atomic E-state index is 0.625. The van der Waals surface area contributed by atoms with Gasteiger partial charge in [0, 0.05) is 12.6 Å². The Morgan fingerprint density at radius 1 is 1.11 bits per heavy atom. The largest absolute Gasteiger partial charge is 0.329 e. The van der Waals surface area contributed by atoms with Crippen molar-refractivity contribution in [2.24, 2.45) is 17.6 Å². The lowest BCUT2D eigenvalue weighted by atomic mass is 9.92. The van der Waals surface area contributed by atoms with Crippen LogP contribution in [0.5, 0.6) is 0 Å². The molecule has 0 aromatic carbocycles. The molecular formula is C16H34N2. The number of hydrogen-bond acceptors (Lipinski definition) is 2. The lowest BCUT2D eigenvalue weighted by molar-refractivity contribution is 0.142. The quantitative estimate of drug-likeness (QED) is 0.751. The van der Waals surface area contributed by atoms with Gasteiger partial charge < -0.3 is 5.73 Å². The van der Waals surface area contributed by atoms with Crippen molar-refractivity contribution in [3.63, 3.8) is 0 Å². The zero-order chi connectivity index (χ0) is 13.4. The van der Waals surface area contributed by atoms with Crippen molar-refractivity contribution in [2.45, 2.75) is 71.8 Å². The molecule has 2 nitrogen and oxygen atoms in total. The van der Waals surface area contributed by atoms with Gasteiger partial charge in [0.1, 0.15) is 0 Å². The van der Waals surface area contributed by atoms with E-state index in [0.29, 0.717) is 6.04 Å². The van der Waals surface area contributed by atoms with E-state index in [4.69, 9.17) is 5.73 Å². The summed E-state index contributed by atoms with van der Waals surface area (Å²) in [6, 6.07) is 0.625. The first-order valence-corrected chi connectivity index (χ1v) is 8.20. The summed E-state index contributed by atoms with van der Waals surface area (Å²) in [5.74, 6) is 1.76. The number of likely N-dealkylation sites (tertiary alicyclic amines) is 1. The highest BCUT2D eigenvalue weighted by molar-refractivity contribution is 4.81. The summed E-state index contributed by atoms with van der Waals surface area (Å²) >= 11 is 0. The fraction of sp³-hybridized carbons (Fsp3) is 1.00. The molecule has 1 aliphatic heterocycles. The van der Waals surface area contributed by atoms with E-state index < -0.39 is 0 Å². The van der Waals surface area contributed by atoms with Crippen LogP contribution < -0.4 is 5.73 Å². The lowest BCUT2D eigenvalue weighted by Gasteiger charge is -2.35. The van der Waals surface area contributed by atoms with E-state index in [2.05, 4.69) is 25.7 Å². The molecule has 2 N–H and O–H groups in total. The number of hydrogen-bond donors (Lipinski definition) is 1. The van der Waals surface area contributed by atoms with Crippen molar-refractivity contribution in [3.8, 4) is 0 Å². The third kappa shape index (κ3) is 4.55. The van der Waals surface area contributed by atoms with Crippen LogP contribution in [-0.4, -0.2) is 30.6 Å². The summed E-state index contributed by atoms with van der Waals surface area (Å²) in [5, 5.41) is 0. The molecule has 2 unspecified atom stereocenters. The molecule has 2 atom stereocenters. The highest BCUT2D eigenvalue weighted by atomic mass is 15.2. The lowest BCUT2D eigenvalue weighted by Crippen LogP contribution is -2.46. The summed E-state index contributed by atoms with van der Waals surface area (Å²) in [6.07, 6.45) is 9.51. The summed E-state index contributed by atoms with van der Waals surface area (Å²) in [7, 11) is 0. The van der Waals surface area contributed by atoms with Crippen LogP contribution >= 0.6 is 0 Å². The first kappa shape index (κ1) is 16.0. The maximum Gasteiger partial charge on any atom is 0.0246 e. The monoisotopic (exact) mass is 254 g/mol. The van der Waals surface area contributed by atoms with E-state index in [1.165, 1.54) is 58.0 Å². The maximum absolute atomic E-state index is 6.06. The molecule has 0 bridgehead atoms. The van der Waals surface area contributed by atoms with Gasteiger partial charge in [0.2, 0.25) is 0 Å². The average Bonchev–Trinajstić information content (AvgIpc) is 2.62. The zero-order valence-corrected chi connectivity index (χ0v) is 12.8. The Labute approximate surface area is 114 Å². The predicted octanol–water partition coefficient (Wildman–Crippen LogP) is 3.65. The van der Waals surface area contributed by atoms with Gasteiger partial charge in [-0.3, -0.25) is 4.90 Å². The Hall–Kier alpha value is -0.0800. The number of nitrogens with two attached hydrogens (primary N) is 1. The molecule has 0 aromatic heterocycles. The molecule has 0 radical (unpaired) electrons. The van der Waals surface area contributed by atoms with E-state index in [0.717, 1.165) is 18.4 Å². The smallest absolute Gasteiger partial charge is 0.0246 e. The molecule has 2 heteroatoms. The van der Waals surface area contributed by atoms with Gasteiger partial charge in [0.25, 0.3) is 0 Å². The summed E-state index contributed by atoms with van der Waals surface area (Å²) in [4.78, 5) is 2.70. The van der Waals surface area contributed by atoms with Crippen molar-refractivity contribution in [1.29, 1.82) is 0 Å². The Morgan fingerprint density at radius 2 is 1.83 bits per heavy atom. The molecule has 18 heavy (non-hydrogen) atoms. The van der Waals surface area contributed by atoms with Crippen molar-refractivity contribution >= 4 is 0 Å². The molecular weight excluding hydrogens is 220 g/mol. The van der Waals surface area contributed by atoms with Gasteiger partial charge >= 0.3 is 0 Å². The second kappa shape index (κ2) is 8.92. The Balaban J connectivity index is 2.53. The molecule has 0 saturated carbocycles. The zero-order valence-electron chi connectivity index (χ0n) is 12.8. The molecule has 1 heterocycles. The van der Waals surface area contributed by atoms with Gasteiger partial charge in [0.15, 0.2) is 0 Å². The highest BCUT2D eigenvalue weighted by Gasteiger charge is 2.26. The molecule has 1 rings (SSSR count). The Kier molecular flexibility index (Phi) is 7.92. The van der Waals surface area contributed by atoms with Crippen molar-refractivity contribution < 1.29 is 0 Å². The van der Waals surface area contributed by atoms with Gasteiger partial charge in [-0.2, -0.15) is 0 Å². The van der Waals surface area contributed by atoms with Crippen LogP contribution in [0, 0.1) is 11.8 Å². The van der Waals surface area contributed by atoms with Crippen LogP contribution in [0.4, 0.5) is 0 Å². The van der Waals surface area contributed by atoms with Crippen LogP contribution in [0.1, 0.15) is 65.7 Å². The number of rotatable bonds is 7. The van der Waals surface area contributed by atoms with Crippen LogP contribution in [-0.2, 0) is 0 Å². The Bertz CT molecular complexity index is 201. The number of nitrogens with zero attached hydrogens (tertiary/aromatic N) is 1. The summed E-state index contributed by atoms with van der Waals surface area (Å²) in [5.41, 5.74) is 6.06. The van der Waals surface area contributed by atoms with E-state index in [-0.39, 0.29) is 0 Å². The molecule has 0 spiro atoms. The van der Waals surface area contributed by atoms with Crippen LogP contribution in [0.3, 0.4) is 0 Å². The van der Waals surface area contributed by atoms with Crippen LogP contribution in [0.25, 0.3) is 0 Å². The van der Waals surface area contributed by atoms with Gasteiger partial charge in [-0.15, -0.1) is 0 Å². The summed E-state index contributed by atoms with van der Waals surface area (Å²) in [6.45, 7) is 10.3. The SMILES string of the molecule is CCCC1CCCN(C(CN)C(CC)CC)CC1. The second-order valence-corrected chi connectivity index (χ2v) is 6.00. The van der Waals surface area contributed by atoms with Gasteiger partial charge in [-0.05, 0) is 44.2 Å². The first-order chi connectivity index (χ1) is 8.76. The normalized spacial score (nSPS) is 24.2. The van der Waals surface area contributed by atoms with Crippen molar-refractivity contribution in [1.82, 2.24) is 4.90 Å². The fourth-order valence-electron chi connectivity index (χ4n) is 3.69. The minimum absolute atomic E-state index is 0.625. The molecule has 1 saturated heterocycles. The third-order valence-electron chi connectivity index (χ3n) is 4.88. The van der Waals surface area contributed by atoms with Crippen molar-refractivity contribution in [3.05, 3.63) is 0 Å². The average molecular weight is 254 g/mol. The van der Waals surface area contributed by atoms with Gasteiger partial charge in [-0.25, -0.2) is 0 Å². The maximum atomic E-state index is 6.06. The van der Waals surface area contributed by atoms with E-state index in [1.54, 1.807) is 0 Å². The standard InChI is InChI=1S/C16H34N2/c1-4-8-14-9-7-11-18(12-10-14)16(13-17)15(5-2)6-3/h14-16H,4-13,17H2,1-3H3. The second-order valence-electron chi connectivity index (χ2n) is 6.00. The van der Waals surface area contributed by atoms with Crippen molar-refractivity contribution in [2.75, 3.05) is 19.6 Å². The van der Waals surface area contributed by atoms with Crippen LogP contribution in [0.15, 0.2) is 0 Å². The minimum Gasteiger partial charge on any atom is -0.329 e. The molecule has 1 fully saturated rings. The molecule has 0 amide bonds. The van der Waals surface area contributed by atoms with Crippen LogP contribution in [0.2, 0.25) is 0 Å². The molecule has 0 aliphatic carbocycles. The molecule has 0 aromatic rings. The molecule has 1 aliphatic rings. The van der Waals surface area contributed by atoms with E-state index >= 15 is 0 Å². The van der Waals surface area contributed by atoms with E-state index in [1.807, 2.05) is 0 Å².